The number of halogens is 2. The molecule has 0 radical (unpaired) electrons. The number of amides is 2. The largest absolute Gasteiger partial charge is 0.355 e. The summed E-state index contributed by atoms with van der Waals surface area (Å²) in [6.45, 7) is 3.11. The molecule has 0 fully saturated rings. The first kappa shape index (κ1) is 28.1. The van der Waals surface area contributed by atoms with E-state index in [0.717, 1.165) is 10.4 Å². The van der Waals surface area contributed by atoms with Gasteiger partial charge in [0.15, 0.2) is 0 Å². The SMILES string of the molecule is CCNC(=O)[C@H](CC)N(Cc1ccccc1Cl)C(=O)CN(c1ccccc1F)S(=O)(=O)c1ccccc1. The fourth-order valence-corrected chi connectivity index (χ4v) is 5.55. The number of hydrogen-bond acceptors (Lipinski definition) is 4. The minimum atomic E-state index is -4.33. The van der Waals surface area contributed by atoms with Gasteiger partial charge < -0.3 is 10.2 Å². The van der Waals surface area contributed by atoms with E-state index in [9.17, 15) is 22.4 Å². The maximum Gasteiger partial charge on any atom is 0.264 e. The number of carbonyl (C=O) groups is 2. The number of para-hydroxylation sites is 1. The Morgan fingerprint density at radius 1 is 0.946 bits per heavy atom. The summed E-state index contributed by atoms with van der Waals surface area (Å²) >= 11 is 6.34. The monoisotopic (exact) mass is 545 g/mol. The average molecular weight is 546 g/mol. The van der Waals surface area contributed by atoms with Crippen molar-refractivity contribution in [2.45, 2.75) is 37.8 Å². The molecule has 37 heavy (non-hydrogen) atoms. The summed E-state index contributed by atoms with van der Waals surface area (Å²) in [4.78, 5) is 27.9. The highest BCUT2D eigenvalue weighted by molar-refractivity contribution is 7.92. The van der Waals surface area contributed by atoms with Crippen molar-refractivity contribution >= 4 is 39.1 Å². The molecule has 1 atom stereocenters. The number of anilines is 1. The van der Waals surface area contributed by atoms with E-state index < -0.39 is 34.3 Å². The van der Waals surface area contributed by atoms with Crippen molar-refractivity contribution in [2.75, 3.05) is 17.4 Å². The predicted octanol–water partition coefficient (Wildman–Crippen LogP) is 4.62. The van der Waals surface area contributed by atoms with Crippen LogP contribution in [0.5, 0.6) is 0 Å². The van der Waals surface area contributed by atoms with Gasteiger partial charge in [-0.1, -0.05) is 67.1 Å². The van der Waals surface area contributed by atoms with Gasteiger partial charge >= 0.3 is 0 Å². The quantitative estimate of drug-likeness (QED) is 0.381. The highest BCUT2D eigenvalue weighted by Gasteiger charge is 2.34. The number of sulfonamides is 1. The highest BCUT2D eigenvalue weighted by atomic mass is 35.5. The minimum Gasteiger partial charge on any atom is -0.355 e. The molecule has 0 saturated heterocycles. The smallest absolute Gasteiger partial charge is 0.264 e. The maximum atomic E-state index is 14.9. The molecule has 2 amide bonds. The zero-order valence-electron chi connectivity index (χ0n) is 20.6. The van der Waals surface area contributed by atoms with Crippen LogP contribution in [0.1, 0.15) is 25.8 Å². The number of carbonyl (C=O) groups excluding carboxylic acids is 2. The van der Waals surface area contributed by atoms with Crippen molar-refractivity contribution in [3.05, 3.63) is 95.3 Å². The van der Waals surface area contributed by atoms with Crippen molar-refractivity contribution in [2.24, 2.45) is 0 Å². The van der Waals surface area contributed by atoms with Gasteiger partial charge in [-0.25, -0.2) is 12.8 Å². The Balaban J connectivity index is 2.07. The molecule has 0 bridgehead atoms. The molecule has 10 heteroatoms. The van der Waals surface area contributed by atoms with Gasteiger partial charge in [0.05, 0.1) is 10.6 Å². The van der Waals surface area contributed by atoms with E-state index in [1.54, 1.807) is 56.3 Å². The molecule has 0 heterocycles. The Bertz CT molecular complexity index is 1340. The van der Waals surface area contributed by atoms with Crippen molar-refractivity contribution in [1.82, 2.24) is 10.2 Å². The molecule has 0 aliphatic rings. The lowest BCUT2D eigenvalue weighted by molar-refractivity contribution is -0.140. The molecule has 3 aromatic carbocycles. The Morgan fingerprint density at radius 2 is 1.57 bits per heavy atom. The Labute approximate surface area is 221 Å². The van der Waals surface area contributed by atoms with E-state index in [1.165, 1.54) is 35.2 Å². The zero-order valence-corrected chi connectivity index (χ0v) is 22.2. The van der Waals surface area contributed by atoms with Crippen LogP contribution in [0, 0.1) is 5.82 Å². The van der Waals surface area contributed by atoms with Gasteiger partial charge in [0.2, 0.25) is 11.8 Å². The number of nitrogens with one attached hydrogen (secondary N) is 1. The van der Waals surface area contributed by atoms with Gasteiger partial charge in [0.25, 0.3) is 10.0 Å². The molecule has 0 spiro atoms. The predicted molar refractivity (Wildman–Crippen MR) is 142 cm³/mol. The molecular weight excluding hydrogens is 517 g/mol. The molecule has 1 N–H and O–H groups in total. The molecule has 196 valence electrons. The molecule has 3 rings (SSSR count). The van der Waals surface area contributed by atoms with Crippen LogP contribution >= 0.6 is 11.6 Å². The molecule has 0 aromatic heterocycles. The molecule has 0 unspecified atom stereocenters. The molecule has 0 saturated carbocycles. The third kappa shape index (κ3) is 6.67. The summed E-state index contributed by atoms with van der Waals surface area (Å²) in [5.74, 6) is -1.86. The lowest BCUT2D eigenvalue weighted by Gasteiger charge is -2.33. The Kier molecular flexibility index (Phi) is 9.66. The zero-order chi connectivity index (χ0) is 27.0. The van der Waals surface area contributed by atoms with Crippen molar-refractivity contribution in [3.63, 3.8) is 0 Å². The van der Waals surface area contributed by atoms with Gasteiger partial charge in [-0.2, -0.15) is 0 Å². The van der Waals surface area contributed by atoms with Crippen LogP contribution in [0.15, 0.2) is 83.8 Å². The van der Waals surface area contributed by atoms with Crippen molar-refractivity contribution < 1.29 is 22.4 Å². The van der Waals surface area contributed by atoms with Gasteiger partial charge in [-0.15, -0.1) is 0 Å². The van der Waals surface area contributed by atoms with Crippen LogP contribution in [0.25, 0.3) is 0 Å². The van der Waals surface area contributed by atoms with Crippen molar-refractivity contribution in [3.8, 4) is 0 Å². The van der Waals surface area contributed by atoms with E-state index in [4.69, 9.17) is 11.6 Å². The highest BCUT2D eigenvalue weighted by Crippen LogP contribution is 2.27. The summed E-state index contributed by atoms with van der Waals surface area (Å²) < 4.78 is 42.9. The Morgan fingerprint density at radius 3 is 2.19 bits per heavy atom. The fourth-order valence-electron chi connectivity index (χ4n) is 3.91. The van der Waals surface area contributed by atoms with Crippen LogP contribution < -0.4 is 9.62 Å². The molecule has 0 aliphatic heterocycles. The first-order valence-electron chi connectivity index (χ1n) is 11.8. The lowest BCUT2D eigenvalue weighted by Crippen LogP contribution is -2.52. The maximum absolute atomic E-state index is 14.9. The van der Waals surface area contributed by atoms with Crippen LogP contribution in [0.2, 0.25) is 5.02 Å². The number of hydrogen-bond donors (Lipinski definition) is 1. The second-order valence-corrected chi connectivity index (χ2v) is 10.5. The first-order chi connectivity index (χ1) is 17.7. The standard InChI is InChI=1S/C27H29ClFN3O4S/c1-3-24(27(34)30-4-2)31(18-20-12-8-9-15-22(20)28)26(33)19-32(25-17-11-10-16-23(25)29)37(35,36)21-13-6-5-7-14-21/h5-17,24H,3-4,18-19H2,1-2H3,(H,30,34)/t24-/m0/s1. The van der Waals surface area contributed by atoms with E-state index >= 15 is 0 Å². The second-order valence-electron chi connectivity index (χ2n) is 8.21. The normalized spacial score (nSPS) is 12.0. The van der Waals surface area contributed by atoms with Crippen LogP contribution in [0.4, 0.5) is 10.1 Å². The Hall–Kier alpha value is -3.43. The van der Waals surface area contributed by atoms with E-state index in [1.807, 2.05) is 0 Å². The minimum absolute atomic E-state index is 0.0371. The molecule has 0 aliphatic carbocycles. The summed E-state index contributed by atoms with van der Waals surface area (Å²) in [5.41, 5.74) is 0.312. The summed E-state index contributed by atoms with van der Waals surface area (Å²) in [7, 11) is -4.33. The van der Waals surface area contributed by atoms with Crippen LogP contribution in [-0.2, 0) is 26.2 Å². The summed E-state index contributed by atoms with van der Waals surface area (Å²) in [5, 5.41) is 3.12. The van der Waals surface area contributed by atoms with Crippen LogP contribution in [-0.4, -0.2) is 44.3 Å². The van der Waals surface area contributed by atoms with Gasteiger partial charge in [-0.05, 0) is 49.2 Å². The second kappa shape index (κ2) is 12.7. The van der Waals surface area contributed by atoms with Gasteiger partial charge in [-0.3, -0.25) is 13.9 Å². The van der Waals surface area contributed by atoms with Gasteiger partial charge in [0.1, 0.15) is 18.4 Å². The van der Waals surface area contributed by atoms with Crippen LogP contribution in [0.3, 0.4) is 0 Å². The third-order valence-corrected chi connectivity index (χ3v) is 7.91. The third-order valence-electron chi connectivity index (χ3n) is 5.77. The van der Waals surface area contributed by atoms with E-state index in [2.05, 4.69) is 5.32 Å². The molecule has 3 aromatic rings. The number of benzene rings is 3. The fraction of sp³-hybridized carbons (Fsp3) is 0.259. The number of nitrogens with zero attached hydrogens (tertiary/aromatic N) is 2. The van der Waals surface area contributed by atoms with E-state index in [-0.39, 0.29) is 29.5 Å². The summed E-state index contributed by atoms with van der Waals surface area (Å²) in [6.07, 6.45) is 0.271. The van der Waals surface area contributed by atoms with Gasteiger partial charge in [0, 0.05) is 18.1 Å². The summed E-state index contributed by atoms with van der Waals surface area (Å²) in [6, 6.07) is 18.8. The van der Waals surface area contributed by atoms with Crippen molar-refractivity contribution in [1.29, 1.82) is 0 Å². The molecule has 7 nitrogen and oxygen atoms in total. The first-order valence-corrected chi connectivity index (χ1v) is 13.6. The average Bonchev–Trinajstić information content (AvgIpc) is 2.89. The van der Waals surface area contributed by atoms with E-state index in [0.29, 0.717) is 17.1 Å². The topological polar surface area (TPSA) is 86.8 Å². The molecular formula is C27H29ClFN3O4S. The number of rotatable bonds is 11. The number of likely N-dealkylation sites (N-methyl/N-ethyl adjacent to an activating group) is 1. The lowest BCUT2D eigenvalue weighted by atomic mass is 10.1.